The van der Waals surface area contributed by atoms with E-state index in [1.807, 2.05) is 0 Å². The highest BCUT2D eigenvalue weighted by atomic mass is 79.9. The zero-order valence-corrected chi connectivity index (χ0v) is 11.2. The van der Waals surface area contributed by atoms with Gasteiger partial charge in [0.05, 0.1) is 5.69 Å². The van der Waals surface area contributed by atoms with E-state index in [1.165, 1.54) is 16.0 Å². The number of aryl methyl sites for hydroxylation is 2. The minimum Gasteiger partial charge on any atom is -0.241 e. The van der Waals surface area contributed by atoms with Gasteiger partial charge in [0.1, 0.15) is 5.01 Å². The van der Waals surface area contributed by atoms with Crippen LogP contribution in [0.15, 0.2) is 24.3 Å². The number of hydrogen-bond donors (Lipinski definition) is 0. The number of halogens is 1. The van der Waals surface area contributed by atoms with Crippen LogP contribution in [0.4, 0.5) is 0 Å². The summed E-state index contributed by atoms with van der Waals surface area (Å²) in [4.78, 5) is 5.91. The highest BCUT2D eigenvalue weighted by Crippen LogP contribution is 2.30. The summed E-state index contributed by atoms with van der Waals surface area (Å²) in [5.41, 5.74) is 3.67. The first kappa shape index (κ1) is 10.8. The molecule has 2 aromatic rings. The van der Waals surface area contributed by atoms with Gasteiger partial charge < -0.3 is 0 Å². The van der Waals surface area contributed by atoms with Crippen LogP contribution in [0.2, 0.25) is 0 Å². The van der Waals surface area contributed by atoms with Gasteiger partial charge in [-0.3, -0.25) is 0 Å². The summed E-state index contributed by atoms with van der Waals surface area (Å²) in [5.74, 6) is 0. The van der Waals surface area contributed by atoms with Gasteiger partial charge in [-0.15, -0.1) is 11.3 Å². The summed E-state index contributed by atoms with van der Waals surface area (Å²) in [6.07, 6.45) is 0. The lowest BCUT2D eigenvalue weighted by atomic mass is 10.1. The van der Waals surface area contributed by atoms with Crippen LogP contribution >= 0.6 is 27.3 Å². The molecule has 0 atom stereocenters. The largest absolute Gasteiger partial charge is 0.241 e. The normalized spacial score (nSPS) is 10.6. The fourth-order valence-electron chi connectivity index (χ4n) is 1.48. The Morgan fingerprint density at radius 2 is 2.00 bits per heavy atom. The molecular formula is C12H12BrNS. The van der Waals surface area contributed by atoms with Gasteiger partial charge in [-0.05, 0) is 19.4 Å². The van der Waals surface area contributed by atoms with Crippen LogP contribution < -0.4 is 0 Å². The van der Waals surface area contributed by atoms with Gasteiger partial charge in [0.2, 0.25) is 0 Å². The molecule has 78 valence electrons. The SMILES string of the molecule is Cc1ccccc1-c1nc(C)c(CBr)s1. The molecule has 15 heavy (non-hydrogen) atoms. The highest BCUT2D eigenvalue weighted by molar-refractivity contribution is 9.08. The third-order valence-electron chi connectivity index (χ3n) is 2.39. The lowest BCUT2D eigenvalue weighted by molar-refractivity contribution is 1.22. The topological polar surface area (TPSA) is 12.9 Å². The minimum atomic E-state index is 0.891. The number of thiazole rings is 1. The summed E-state index contributed by atoms with van der Waals surface area (Å²) < 4.78 is 0. The van der Waals surface area contributed by atoms with Crippen molar-refractivity contribution in [3.63, 3.8) is 0 Å². The van der Waals surface area contributed by atoms with Gasteiger partial charge >= 0.3 is 0 Å². The average Bonchev–Trinajstić information content (AvgIpc) is 2.60. The Bertz CT molecular complexity index is 476. The van der Waals surface area contributed by atoms with Crippen LogP contribution in [0.3, 0.4) is 0 Å². The van der Waals surface area contributed by atoms with Crippen molar-refractivity contribution >= 4 is 27.3 Å². The molecule has 1 aromatic heterocycles. The maximum Gasteiger partial charge on any atom is 0.124 e. The Balaban J connectivity index is 2.50. The molecule has 0 saturated carbocycles. The van der Waals surface area contributed by atoms with Gasteiger partial charge in [0.25, 0.3) is 0 Å². The first-order chi connectivity index (χ1) is 7.22. The third kappa shape index (κ3) is 2.13. The van der Waals surface area contributed by atoms with Crippen LogP contribution in [-0.2, 0) is 5.33 Å². The van der Waals surface area contributed by atoms with Crippen LogP contribution in [0.1, 0.15) is 16.1 Å². The molecule has 0 N–H and O–H groups in total. The average molecular weight is 282 g/mol. The highest BCUT2D eigenvalue weighted by Gasteiger charge is 2.09. The van der Waals surface area contributed by atoms with Crippen molar-refractivity contribution in [2.24, 2.45) is 0 Å². The van der Waals surface area contributed by atoms with Crippen LogP contribution in [0.5, 0.6) is 0 Å². The second kappa shape index (κ2) is 4.45. The Labute approximate surface area is 102 Å². The van der Waals surface area contributed by atoms with E-state index in [1.54, 1.807) is 11.3 Å². The predicted octanol–water partition coefficient (Wildman–Crippen LogP) is 4.32. The Morgan fingerprint density at radius 3 is 2.60 bits per heavy atom. The van der Waals surface area contributed by atoms with Gasteiger partial charge in [-0.2, -0.15) is 0 Å². The lowest BCUT2D eigenvalue weighted by Crippen LogP contribution is -1.81. The van der Waals surface area contributed by atoms with Gasteiger partial charge in [-0.1, -0.05) is 40.2 Å². The van der Waals surface area contributed by atoms with Crippen molar-refractivity contribution in [3.8, 4) is 10.6 Å². The molecule has 1 heterocycles. The summed E-state index contributed by atoms with van der Waals surface area (Å²) in [5, 5.41) is 2.02. The fraction of sp³-hybridized carbons (Fsp3) is 0.250. The molecule has 0 fully saturated rings. The molecule has 1 nitrogen and oxygen atoms in total. The zero-order chi connectivity index (χ0) is 10.8. The van der Waals surface area contributed by atoms with Crippen LogP contribution in [0.25, 0.3) is 10.6 Å². The number of rotatable bonds is 2. The van der Waals surface area contributed by atoms with Crippen molar-refractivity contribution in [1.82, 2.24) is 4.98 Å². The maximum atomic E-state index is 4.60. The minimum absolute atomic E-state index is 0.891. The second-order valence-electron chi connectivity index (χ2n) is 3.48. The number of hydrogen-bond acceptors (Lipinski definition) is 2. The lowest BCUT2D eigenvalue weighted by Gasteiger charge is -1.99. The van der Waals surface area contributed by atoms with E-state index in [0.29, 0.717) is 0 Å². The van der Waals surface area contributed by atoms with Crippen molar-refractivity contribution in [2.45, 2.75) is 19.2 Å². The van der Waals surface area contributed by atoms with E-state index in [-0.39, 0.29) is 0 Å². The molecule has 0 saturated heterocycles. The smallest absolute Gasteiger partial charge is 0.124 e. The third-order valence-corrected chi connectivity index (χ3v) is 4.51. The fourth-order valence-corrected chi connectivity index (χ4v) is 3.23. The maximum absolute atomic E-state index is 4.60. The molecular weight excluding hydrogens is 270 g/mol. The van der Waals surface area contributed by atoms with Crippen molar-refractivity contribution in [1.29, 1.82) is 0 Å². The molecule has 3 heteroatoms. The van der Waals surface area contributed by atoms with Crippen LogP contribution in [0, 0.1) is 13.8 Å². The Morgan fingerprint density at radius 1 is 1.27 bits per heavy atom. The van der Waals surface area contributed by atoms with Gasteiger partial charge in [0, 0.05) is 15.8 Å². The summed E-state index contributed by atoms with van der Waals surface area (Å²) in [7, 11) is 0. The molecule has 0 aliphatic carbocycles. The van der Waals surface area contributed by atoms with Crippen LogP contribution in [-0.4, -0.2) is 4.98 Å². The molecule has 2 rings (SSSR count). The first-order valence-electron chi connectivity index (χ1n) is 4.80. The van der Waals surface area contributed by atoms with E-state index in [4.69, 9.17) is 0 Å². The Kier molecular flexibility index (Phi) is 3.22. The number of aromatic nitrogens is 1. The second-order valence-corrected chi connectivity index (χ2v) is 5.12. The first-order valence-corrected chi connectivity index (χ1v) is 6.74. The summed E-state index contributed by atoms with van der Waals surface area (Å²) in [6, 6.07) is 8.38. The van der Waals surface area contributed by atoms with E-state index >= 15 is 0 Å². The monoisotopic (exact) mass is 281 g/mol. The van der Waals surface area contributed by atoms with E-state index < -0.39 is 0 Å². The molecule has 0 aliphatic heterocycles. The van der Waals surface area contributed by atoms with Gasteiger partial charge in [-0.25, -0.2) is 4.98 Å². The van der Waals surface area contributed by atoms with Crippen molar-refractivity contribution in [3.05, 3.63) is 40.4 Å². The van der Waals surface area contributed by atoms with E-state index in [9.17, 15) is 0 Å². The van der Waals surface area contributed by atoms with E-state index in [2.05, 4.69) is 59.0 Å². The standard InChI is InChI=1S/C12H12BrNS/c1-8-5-3-4-6-10(8)12-14-9(2)11(7-13)15-12/h3-6H,7H2,1-2H3. The van der Waals surface area contributed by atoms with Gasteiger partial charge in [0.15, 0.2) is 0 Å². The molecule has 1 aromatic carbocycles. The molecule has 0 unspecified atom stereocenters. The molecule has 0 aliphatic rings. The molecule has 0 spiro atoms. The quantitative estimate of drug-likeness (QED) is 0.747. The summed E-state index contributed by atoms with van der Waals surface area (Å²) >= 11 is 5.25. The molecule has 0 radical (unpaired) electrons. The summed E-state index contributed by atoms with van der Waals surface area (Å²) in [6.45, 7) is 4.19. The number of nitrogens with zero attached hydrogens (tertiary/aromatic N) is 1. The predicted molar refractivity (Wildman–Crippen MR) is 69.7 cm³/mol. The number of benzene rings is 1. The molecule has 0 bridgehead atoms. The zero-order valence-electron chi connectivity index (χ0n) is 8.75. The number of alkyl halides is 1. The van der Waals surface area contributed by atoms with E-state index in [0.717, 1.165) is 16.0 Å². The van der Waals surface area contributed by atoms with Crippen molar-refractivity contribution in [2.75, 3.05) is 0 Å². The Hall–Kier alpha value is -0.670. The molecule has 0 amide bonds. The van der Waals surface area contributed by atoms with Crippen molar-refractivity contribution < 1.29 is 0 Å².